The van der Waals surface area contributed by atoms with E-state index < -0.39 is 0 Å². The van der Waals surface area contributed by atoms with Gasteiger partial charge in [-0.05, 0) is 31.9 Å². The van der Waals surface area contributed by atoms with Crippen LogP contribution in [0.15, 0.2) is 0 Å². The highest BCUT2D eigenvalue weighted by Gasteiger charge is 2.35. The van der Waals surface area contributed by atoms with Crippen LogP contribution in [0.2, 0.25) is 0 Å². The third kappa shape index (κ3) is 7.44. The summed E-state index contributed by atoms with van der Waals surface area (Å²) in [6.07, 6.45) is 4.61. The van der Waals surface area contributed by atoms with Gasteiger partial charge in [0.25, 0.3) is 0 Å². The Balaban J connectivity index is 2.31. The first-order valence-electron chi connectivity index (χ1n) is 8.22. The number of rotatable bonds is 11. The first-order chi connectivity index (χ1) is 11.0. The highest BCUT2D eigenvalue weighted by molar-refractivity contribution is 8.00. The van der Waals surface area contributed by atoms with Crippen molar-refractivity contribution in [3.8, 4) is 0 Å². The highest BCUT2D eigenvalue weighted by atomic mass is 32.2. The van der Waals surface area contributed by atoms with Crippen molar-refractivity contribution in [3.05, 3.63) is 0 Å². The SMILES string of the molecule is CCCCNC(=O)CCN1C(=O)C(SCCCC(C)=N)CC1=S. The van der Waals surface area contributed by atoms with Crippen LogP contribution >= 0.6 is 24.0 Å². The van der Waals surface area contributed by atoms with Gasteiger partial charge in [0.15, 0.2) is 0 Å². The standard InChI is InChI=1S/C16H27N3O2S2/c1-3-4-8-18-14(20)7-9-19-15(22)11-13(16(19)21)23-10-5-6-12(2)17/h13,17H,3-11H2,1-2H3,(H,18,20). The first-order valence-corrected chi connectivity index (χ1v) is 9.68. The zero-order valence-corrected chi connectivity index (χ0v) is 15.7. The van der Waals surface area contributed by atoms with Gasteiger partial charge in [0.2, 0.25) is 11.8 Å². The number of nitrogens with one attached hydrogen (secondary N) is 2. The van der Waals surface area contributed by atoms with E-state index in [9.17, 15) is 9.59 Å². The summed E-state index contributed by atoms with van der Waals surface area (Å²) >= 11 is 6.92. The molecule has 5 nitrogen and oxygen atoms in total. The monoisotopic (exact) mass is 357 g/mol. The summed E-state index contributed by atoms with van der Waals surface area (Å²) in [5, 5.41) is 10.1. The van der Waals surface area contributed by atoms with Crippen molar-refractivity contribution < 1.29 is 9.59 Å². The van der Waals surface area contributed by atoms with E-state index in [1.807, 2.05) is 0 Å². The highest BCUT2D eigenvalue weighted by Crippen LogP contribution is 2.27. The summed E-state index contributed by atoms with van der Waals surface area (Å²) in [5.41, 5.74) is 0.676. The second-order valence-corrected chi connectivity index (χ2v) is 7.57. The van der Waals surface area contributed by atoms with Crippen molar-refractivity contribution in [1.82, 2.24) is 10.2 Å². The van der Waals surface area contributed by atoms with E-state index in [4.69, 9.17) is 17.6 Å². The molecule has 1 aliphatic heterocycles. The van der Waals surface area contributed by atoms with Gasteiger partial charge >= 0.3 is 0 Å². The van der Waals surface area contributed by atoms with Gasteiger partial charge in [-0.15, -0.1) is 11.8 Å². The molecule has 2 N–H and O–H groups in total. The molecule has 0 spiro atoms. The Morgan fingerprint density at radius 3 is 2.83 bits per heavy atom. The maximum absolute atomic E-state index is 12.4. The lowest BCUT2D eigenvalue weighted by Gasteiger charge is -2.16. The van der Waals surface area contributed by atoms with Gasteiger partial charge in [0, 0.05) is 31.6 Å². The van der Waals surface area contributed by atoms with Crippen LogP contribution in [0, 0.1) is 5.41 Å². The Morgan fingerprint density at radius 2 is 2.17 bits per heavy atom. The number of carbonyl (C=O) groups is 2. The predicted molar refractivity (Wildman–Crippen MR) is 100 cm³/mol. The van der Waals surface area contributed by atoms with Gasteiger partial charge in [0.1, 0.15) is 0 Å². The molecule has 1 rings (SSSR count). The van der Waals surface area contributed by atoms with Crippen molar-refractivity contribution in [1.29, 1.82) is 5.41 Å². The van der Waals surface area contributed by atoms with Crippen molar-refractivity contribution in [2.75, 3.05) is 18.8 Å². The molecule has 1 fully saturated rings. The van der Waals surface area contributed by atoms with Crippen molar-refractivity contribution >= 4 is 46.5 Å². The molecule has 1 heterocycles. The molecular weight excluding hydrogens is 330 g/mol. The molecular formula is C16H27N3O2S2. The van der Waals surface area contributed by atoms with E-state index in [-0.39, 0.29) is 17.1 Å². The fourth-order valence-corrected chi connectivity index (χ4v) is 3.88. The Morgan fingerprint density at radius 1 is 1.43 bits per heavy atom. The molecule has 7 heteroatoms. The van der Waals surface area contributed by atoms with Gasteiger partial charge < -0.3 is 15.6 Å². The zero-order valence-electron chi connectivity index (χ0n) is 14.0. The minimum Gasteiger partial charge on any atom is -0.356 e. The number of carbonyl (C=O) groups excluding carboxylic acids is 2. The third-order valence-electron chi connectivity index (χ3n) is 3.63. The summed E-state index contributed by atoms with van der Waals surface area (Å²) in [7, 11) is 0. The van der Waals surface area contributed by atoms with E-state index in [0.29, 0.717) is 36.6 Å². The molecule has 23 heavy (non-hydrogen) atoms. The first kappa shape index (κ1) is 20.1. The molecule has 130 valence electrons. The maximum Gasteiger partial charge on any atom is 0.240 e. The average Bonchev–Trinajstić information content (AvgIpc) is 2.76. The summed E-state index contributed by atoms with van der Waals surface area (Å²) in [6, 6.07) is 0. The van der Waals surface area contributed by atoms with Gasteiger partial charge in [-0.1, -0.05) is 25.6 Å². The van der Waals surface area contributed by atoms with E-state index >= 15 is 0 Å². The number of hydrogen-bond donors (Lipinski definition) is 2. The van der Waals surface area contributed by atoms with Crippen molar-refractivity contribution in [3.63, 3.8) is 0 Å². The van der Waals surface area contributed by atoms with E-state index in [2.05, 4.69) is 12.2 Å². The molecule has 0 saturated carbocycles. The van der Waals surface area contributed by atoms with Crippen LogP contribution in [0.3, 0.4) is 0 Å². The largest absolute Gasteiger partial charge is 0.356 e. The molecule has 0 aromatic heterocycles. The predicted octanol–water partition coefficient (Wildman–Crippen LogP) is 2.77. The van der Waals surface area contributed by atoms with Crippen molar-refractivity contribution in [2.45, 2.75) is 57.6 Å². The van der Waals surface area contributed by atoms with Crippen LogP contribution in [0.1, 0.15) is 52.4 Å². The summed E-state index contributed by atoms with van der Waals surface area (Å²) in [4.78, 5) is 26.3. The minimum absolute atomic E-state index is 0.0217. The topological polar surface area (TPSA) is 73.3 Å². The maximum atomic E-state index is 12.4. The van der Waals surface area contributed by atoms with E-state index in [1.54, 1.807) is 23.6 Å². The van der Waals surface area contributed by atoms with Crippen LogP contribution in [-0.4, -0.2) is 51.5 Å². The summed E-state index contributed by atoms with van der Waals surface area (Å²) in [6.45, 7) is 4.95. The molecule has 1 aliphatic rings. The zero-order chi connectivity index (χ0) is 17.2. The molecule has 0 aromatic rings. The third-order valence-corrected chi connectivity index (χ3v) is 5.31. The number of hydrogen-bond acceptors (Lipinski definition) is 5. The van der Waals surface area contributed by atoms with E-state index in [1.165, 1.54) is 0 Å². The Bertz CT molecular complexity index is 455. The Hall–Kier alpha value is -0.950. The number of thioether (sulfide) groups is 1. The molecule has 0 aromatic carbocycles. The molecule has 1 atom stereocenters. The molecule has 0 aliphatic carbocycles. The summed E-state index contributed by atoms with van der Waals surface area (Å²) in [5.74, 6) is 0.875. The normalized spacial score (nSPS) is 17.7. The Kier molecular flexibility index (Phi) is 9.40. The fourth-order valence-electron chi connectivity index (χ4n) is 2.29. The van der Waals surface area contributed by atoms with Crippen LogP contribution in [0.4, 0.5) is 0 Å². The van der Waals surface area contributed by atoms with Gasteiger partial charge in [-0.2, -0.15) is 0 Å². The average molecular weight is 358 g/mol. The van der Waals surface area contributed by atoms with Crippen LogP contribution in [0.5, 0.6) is 0 Å². The van der Waals surface area contributed by atoms with Crippen molar-refractivity contribution in [2.24, 2.45) is 0 Å². The second-order valence-electron chi connectivity index (χ2n) is 5.78. The van der Waals surface area contributed by atoms with Gasteiger partial charge in [-0.3, -0.25) is 9.59 Å². The lowest BCUT2D eigenvalue weighted by Crippen LogP contribution is -2.35. The van der Waals surface area contributed by atoms with Crippen LogP contribution < -0.4 is 5.32 Å². The number of amides is 2. The number of nitrogens with zero attached hydrogens (tertiary/aromatic N) is 1. The molecule has 0 bridgehead atoms. The van der Waals surface area contributed by atoms with Crippen LogP contribution in [0.25, 0.3) is 0 Å². The van der Waals surface area contributed by atoms with E-state index in [0.717, 1.165) is 31.4 Å². The lowest BCUT2D eigenvalue weighted by molar-refractivity contribution is -0.126. The second kappa shape index (κ2) is 10.8. The molecule has 2 amide bonds. The summed E-state index contributed by atoms with van der Waals surface area (Å²) < 4.78 is 0. The number of unbranched alkanes of at least 4 members (excludes halogenated alkanes) is 1. The Labute approximate surface area is 148 Å². The molecule has 0 radical (unpaired) electrons. The minimum atomic E-state index is -0.114. The number of thiocarbonyl (C=S) groups is 1. The van der Waals surface area contributed by atoms with Gasteiger partial charge in [0.05, 0.1) is 10.2 Å². The smallest absolute Gasteiger partial charge is 0.240 e. The van der Waals surface area contributed by atoms with Gasteiger partial charge in [-0.25, -0.2) is 0 Å². The lowest BCUT2D eigenvalue weighted by atomic mass is 10.2. The van der Waals surface area contributed by atoms with Crippen LogP contribution in [-0.2, 0) is 9.59 Å². The quantitative estimate of drug-likeness (QED) is 0.339. The number of likely N-dealkylation sites (tertiary alicyclic amines) is 1. The fraction of sp³-hybridized carbons (Fsp3) is 0.750. The molecule has 1 unspecified atom stereocenters. The molecule has 1 saturated heterocycles.